The van der Waals surface area contributed by atoms with Crippen LogP contribution in [0.3, 0.4) is 0 Å². The van der Waals surface area contributed by atoms with Gasteiger partial charge in [0.1, 0.15) is 0 Å². The normalized spacial score (nSPS) is 21.7. The first-order valence-electron chi connectivity index (χ1n) is 9.82. The number of aryl methyl sites for hydroxylation is 1. The van der Waals surface area contributed by atoms with E-state index in [1.807, 2.05) is 0 Å². The average molecular weight is 309 g/mol. The van der Waals surface area contributed by atoms with Crippen molar-refractivity contribution < 1.29 is 0 Å². The van der Waals surface area contributed by atoms with E-state index in [-0.39, 0.29) is 0 Å². The van der Waals surface area contributed by atoms with Crippen LogP contribution in [0, 0.1) is 5.92 Å². The van der Waals surface area contributed by atoms with Crippen molar-refractivity contribution in [3.63, 3.8) is 0 Å². The van der Waals surface area contributed by atoms with Gasteiger partial charge in [-0.2, -0.15) is 0 Å². The van der Waals surface area contributed by atoms with Gasteiger partial charge in [0.15, 0.2) is 0 Å². The van der Waals surface area contributed by atoms with Gasteiger partial charge >= 0.3 is 0 Å². The minimum Gasteiger partial charge on any atom is -0.0654 e. The molecule has 1 aliphatic rings. The summed E-state index contributed by atoms with van der Waals surface area (Å²) < 4.78 is 0. The number of unbranched alkanes of at least 4 members (excludes halogenated alkanes) is 2. The summed E-state index contributed by atoms with van der Waals surface area (Å²) in [7, 11) is 0. The molecule has 3 rings (SSSR count). The van der Waals surface area contributed by atoms with Gasteiger partial charge in [-0.3, -0.25) is 0 Å². The fraction of sp³-hybridized carbons (Fsp3) is 0.565. The first-order chi connectivity index (χ1) is 11.3. The van der Waals surface area contributed by atoms with Crippen molar-refractivity contribution >= 4 is 10.8 Å². The van der Waals surface area contributed by atoms with Gasteiger partial charge in [0.25, 0.3) is 0 Å². The van der Waals surface area contributed by atoms with E-state index in [1.165, 1.54) is 74.1 Å². The van der Waals surface area contributed by atoms with Gasteiger partial charge in [-0.05, 0) is 72.3 Å². The first-order valence-corrected chi connectivity index (χ1v) is 9.82. The molecule has 0 radical (unpaired) electrons. The Balaban J connectivity index is 1.71. The Morgan fingerprint density at radius 3 is 2.30 bits per heavy atom. The van der Waals surface area contributed by atoms with Crippen LogP contribution < -0.4 is 0 Å². The smallest absolute Gasteiger partial charge is 0.0162 e. The minimum atomic E-state index is 0.798. The van der Waals surface area contributed by atoms with Crippen molar-refractivity contribution in [1.82, 2.24) is 0 Å². The summed E-state index contributed by atoms with van der Waals surface area (Å²) in [5, 5.41) is 2.85. The molecule has 0 nitrogen and oxygen atoms in total. The average Bonchev–Trinajstić information content (AvgIpc) is 2.61. The molecule has 124 valence electrons. The maximum absolute atomic E-state index is 2.46. The van der Waals surface area contributed by atoms with E-state index in [2.05, 4.69) is 50.2 Å². The van der Waals surface area contributed by atoms with Gasteiger partial charge in [-0.1, -0.05) is 69.5 Å². The second-order valence-electron chi connectivity index (χ2n) is 7.52. The van der Waals surface area contributed by atoms with Crippen LogP contribution in [0.1, 0.15) is 82.3 Å². The van der Waals surface area contributed by atoms with Crippen molar-refractivity contribution in [3.05, 3.63) is 47.5 Å². The standard InChI is InChI=1S/C23H32/c1-3-5-6-7-19-10-13-23-17-22(15-14-21(23)16-19)20-11-8-18(4-2)9-12-20/h10,13-18,20H,3-9,11-12H2,1-2H3/t18-,20-. The molecule has 0 saturated heterocycles. The molecular formula is C23H32. The van der Waals surface area contributed by atoms with Crippen LogP contribution in [0.15, 0.2) is 36.4 Å². The van der Waals surface area contributed by atoms with E-state index in [4.69, 9.17) is 0 Å². The highest BCUT2D eigenvalue weighted by Gasteiger charge is 2.21. The van der Waals surface area contributed by atoms with Crippen LogP contribution in [0.25, 0.3) is 10.8 Å². The van der Waals surface area contributed by atoms with Crippen LogP contribution in [0.5, 0.6) is 0 Å². The monoisotopic (exact) mass is 308 g/mol. The summed E-state index contributed by atoms with van der Waals surface area (Å²) in [6.45, 7) is 4.62. The predicted molar refractivity (Wildman–Crippen MR) is 102 cm³/mol. The van der Waals surface area contributed by atoms with Crippen molar-refractivity contribution in [2.24, 2.45) is 5.92 Å². The predicted octanol–water partition coefficient (Wildman–Crippen LogP) is 7.26. The van der Waals surface area contributed by atoms with Gasteiger partial charge in [-0.15, -0.1) is 0 Å². The molecule has 0 spiro atoms. The van der Waals surface area contributed by atoms with Crippen LogP contribution in [0.2, 0.25) is 0 Å². The van der Waals surface area contributed by atoms with Gasteiger partial charge < -0.3 is 0 Å². The summed E-state index contributed by atoms with van der Waals surface area (Å²) in [5.74, 6) is 1.78. The van der Waals surface area contributed by atoms with Crippen LogP contribution in [0.4, 0.5) is 0 Å². The maximum Gasteiger partial charge on any atom is -0.0162 e. The van der Waals surface area contributed by atoms with E-state index in [0.717, 1.165) is 11.8 Å². The zero-order valence-electron chi connectivity index (χ0n) is 15.0. The van der Waals surface area contributed by atoms with E-state index < -0.39 is 0 Å². The first kappa shape index (κ1) is 16.6. The third-order valence-electron chi connectivity index (χ3n) is 5.89. The van der Waals surface area contributed by atoms with Crippen molar-refractivity contribution in [3.8, 4) is 0 Å². The summed E-state index contributed by atoms with van der Waals surface area (Å²) in [6.07, 6.45) is 12.2. The lowest BCUT2D eigenvalue weighted by molar-refractivity contribution is 0.319. The van der Waals surface area contributed by atoms with Gasteiger partial charge in [-0.25, -0.2) is 0 Å². The quantitative estimate of drug-likeness (QED) is 0.493. The molecule has 0 N–H and O–H groups in total. The summed E-state index contributed by atoms with van der Waals surface area (Å²) in [6, 6.07) is 14.3. The zero-order valence-corrected chi connectivity index (χ0v) is 15.0. The molecule has 0 bridgehead atoms. The molecule has 0 heteroatoms. The molecule has 2 aromatic carbocycles. The molecule has 0 atom stereocenters. The number of hydrogen-bond donors (Lipinski definition) is 0. The molecule has 0 aromatic heterocycles. The fourth-order valence-corrected chi connectivity index (χ4v) is 4.21. The summed E-state index contributed by atoms with van der Waals surface area (Å²) in [5.41, 5.74) is 3.08. The van der Waals surface area contributed by atoms with Crippen LogP contribution in [-0.4, -0.2) is 0 Å². The van der Waals surface area contributed by atoms with Gasteiger partial charge in [0.05, 0.1) is 0 Å². The molecule has 0 unspecified atom stereocenters. The van der Waals surface area contributed by atoms with Gasteiger partial charge in [0, 0.05) is 0 Å². The van der Waals surface area contributed by atoms with Crippen LogP contribution in [-0.2, 0) is 6.42 Å². The van der Waals surface area contributed by atoms with Crippen molar-refractivity contribution in [2.45, 2.75) is 77.6 Å². The zero-order chi connectivity index (χ0) is 16.1. The number of rotatable bonds is 6. The molecule has 0 amide bonds. The summed E-state index contributed by atoms with van der Waals surface area (Å²) in [4.78, 5) is 0. The lowest BCUT2D eigenvalue weighted by Gasteiger charge is -2.28. The molecule has 23 heavy (non-hydrogen) atoms. The number of hydrogen-bond acceptors (Lipinski definition) is 0. The SMILES string of the molecule is CCCCCc1ccc2cc([C@H]3CC[C@H](CC)CC3)ccc2c1. The Bertz CT molecular complexity index is 617. The Labute approximate surface area is 142 Å². The van der Waals surface area contributed by atoms with Gasteiger partial charge in [0.2, 0.25) is 0 Å². The molecule has 0 heterocycles. The van der Waals surface area contributed by atoms with Crippen LogP contribution >= 0.6 is 0 Å². The van der Waals surface area contributed by atoms with E-state index >= 15 is 0 Å². The minimum absolute atomic E-state index is 0.798. The van der Waals surface area contributed by atoms with Crippen molar-refractivity contribution in [1.29, 1.82) is 0 Å². The molecule has 1 fully saturated rings. The molecule has 1 saturated carbocycles. The second-order valence-corrected chi connectivity index (χ2v) is 7.52. The number of fused-ring (bicyclic) bond motifs is 1. The fourth-order valence-electron chi connectivity index (χ4n) is 4.21. The van der Waals surface area contributed by atoms with E-state index in [9.17, 15) is 0 Å². The lowest BCUT2D eigenvalue weighted by Crippen LogP contribution is -2.12. The largest absolute Gasteiger partial charge is 0.0654 e. The second kappa shape index (κ2) is 7.99. The highest BCUT2D eigenvalue weighted by Crippen LogP contribution is 2.37. The number of benzene rings is 2. The Morgan fingerprint density at radius 1 is 0.826 bits per heavy atom. The molecular weight excluding hydrogens is 276 g/mol. The van der Waals surface area contributed by atoms with Crippen molar-refractivity contribution in [2.75, 3.05) is 0 Å². The van der Waals surface area contributed by atoms with E-state index in [1.54, 1.807) is 5.56 Å². The molecule has 1 aliphatic carbocycles. The third-order valence-corrected chi connectivity index (χ3v) is 5.89. The van der Waals surface area contributed by atoms with E-state index in [0.29, 0.717) is 0 Å². The highest BCUT2D eigenvalue weighted by molar-refractivity contribution is 5.84. The molecule has 2 aromatic rings. The lowest BCUT2D eigenvalue weighted by atomic mass is 9.77. The Morgan fingerprint density at radius 2 is 1.57 bits per heavy atom. The Hall–Kier alpha value is -1.30. The highest BCUT2D eigenvalue weighted by atomic mass is 14.3. The Kier molecular flexibility index (Phi) is 5.75. The molecule has 0 aliphatic heterocycles. The maximum atomic E-state index is 2.46. The summed E-state index contributed by atoms with van der Waals surface area (Å²) >= 11 is 0. The third kappa shape index (κ3) is 4.16. The topological polar surface area (TPSA) is 0 Å².